The molecule has 0 heterocycles. The quantitative estimate of drug-likeness (QED) is 0.456. The van der Waals surface area contributed by atoms with Crippen molar-refractivity contribution in [1.82, 2.24) is 0 Å². The zero-order valence-corrected chi connectivity index (χ0v) is 9.11. The lowest BCUT2D eigenvalue weighted by molar-refractivity contribution is -0.176. The lowest BCUT2D eigenvalue weighted by Crippen LogP contribution is -2.40. The molecule has 0 saturated heterocycles. The Kier molecular flexibility index (Phi) is 2.81. The van der Waals surface area contributed by atoms with Gasteiger partial charge in [0.25, 0.3) is 0 Å². The minimum absolute atomic E-state index is 0.419. The van der Waals surface area contributed by atoms with Crippen LogP contribution in [0.2, 0.25) is 0 Å². The topological polar surface area (TPSA) is 0 Å². The van der Waals surface area contributed by atoms with Crippen LogP contribution in [0, 0.1) is 11.8 Å². The first kappa shape index (κ1) is 11.1. The lowest BCUT2D eigenvalue weighted by Gasteiger charge is -2.37. The molecule has 0 fully saturated rings. The molecule has 0 radical (unpaired) electrons. The highest BCUT2D eigenvalue weighted by Crippen LogP contribution is 2.46. The predicted molar refractivity (Wildman–Crippen MR) is 49.8 cm³/mol. The van der Waals surface area contributed by atoms with Gasteiger partial charge in [-0.2, -0.15) is 13.2 Å². The second kappa shape index (κ2) is 3.30. The molecule has 0 aliphatic heterocycles. The van der Waals surface area contributed by atoms with E-state index in [-0.39, 0.29) is 0 Å². The van der Waals surface area contributed by atoms with E-state index in [1.165, 1.54) is 6.08 Å². The highest BCUT2D eigenvalue weighted by Gasteiger charge is 2.48. The van der Waals surface area contributed by atoms with Gasteiger partial charge in [0.15, 0.2) is 0 Å². The van der Waals surface area contributed by atoms with Crippen molar-refractivity contribution in [3.63, 3.8) is 0 Å². The van der Waals surface area contributed by atoms with Gasteiger partial charge in [-0.05, 0) is 19.3 Å². The van der Waals surface area contributed by atoms with E-state index in [4.69, 9.17) is 0 Å². The summed E-state index contributed by atoms with van der Waals surface area (Å²) in [6, 6.07) is 0. The number of hydrogen-bond donors (Lipinski definition) is 0. The van der Waals surface area contributed by atoms with E-state index in [0.717, 1.165) is 0 Å². The van der Waals surface area contributed by atoms with Crippen molar-refractivity contribution in [2.24, 2.45) is 11.8 Å². The van der Waals surface area contributed by atoms with Gasteiger partial charge in [0.05, 0.1) is 5.92 Å². The van der Waals surface area contributed by atoms with Crippen LogP contribution in [-0.4, -0.2) is 10.5 Å². The molecule has 1 rings (SSSR count). The number of rotatable bonds is 0. The van der Waals surface area contributed by atoms with Gasteiger partial charge in [-0.3, -0.25) is 0 Å². The maximum atomic E-state index is 12.5. The molecule has 1 aliphatic carbocycles. The molecule has 0 saturated carbocycles. The number of hydrogen-bond acceptors (Lipinski definition) is 0. The zero-order chi connectivity index (χ0) is 10.3. The first-order valence-electron chi connectivity index (χ1n) is 4.17. The molecule has 76 valence electrons. The van der Waals surface area contributed by atoms with Crippen molar-refractivity contribution < 1.29 is 13.2 Å². The standard InChI is InChI=1S/C9H12BrF3/c1-6-7(9(11,12)13)4-3-5-8(6,2)10/h3-4,6-7H,5H2,1-2H3. The van der Waals surface area contributed by atoms with E-state index in [9.17, 15) is 13.2 Å². The molecule has 13 heavy (non-hydrogen) atoms. The molecule has 0 aromatic heterocycles. The van der Waals surface area contributed by atoms with Crippen molar-refractivity contribution in [2.75, 3.05) is 0 Å². The van der Waals surface area contributed by atoms with Crippen LogP contribution in [0.5, 0.6) is 0 Å². The number of alkyl halides is 4. The van der Waals surface area contributed by atoms with Gasteiger partial charge < -0.3 is 0 Å². The second-order valence-electron chi connectivity index (χ2n) is 3.77. The van der Waals surface area contributed by atoms with Crippen LogP contribution in [0.4, 0.5) is 13.2 Å². The molecule has 0 aromatic rings. The smallest absolute Gasteiger partial charge is 0.170 e. The Hall–Kier alpha value is 0.01000. The van der Waals surface area contributed by atoms with Crippen molar-refractivity contribution in [2.45, 2.75) is 30.8 Å². The van der Waals surface area contributed by atoms with Crippen LogP contribution in [0.25, 0.3) is 0 Å². The zero-order valence-electron chi connectivity index (χ0n) is 7.53. The van der Waals surface area contributed by atoms with Gasteiger partial charge in [0.1, 0.15) is 0 Å². The molecular weight excluding hydrogens is 245 g/mol. The third-order valence-corrected chi connectivity index (χ3v) is 3.77. The van der Waals surface area contributed by atoms with Crippen LogP contribution >= 0.6 is 15.9 Å². The van der Waals surface area contributed by atoms with E-state index >= 15 is 0 Å². The van der Waals surface area contributed by atoms with Crippen LogP contribution in [0.3, 0.4) is 0 Å². The largest absolute Gasteiger partial charge is 0.395 e. The summed E-state index contributed by atoms with van der Waals surface area (Å²) in [5, 5.41) is 0. The van der Waals surface area contributed by atoms with Crippen molar-refractivity contribution in [3.8, 4) is 0 Å². The minimum atomic E-state index is -4.12. The predicted octanol–water partition coefficient (Wildman–Crippen LogP) is 3.91. The molecule has 3 atom stereocenters. The van der Waals surface area contributed by atoms with Gasteiger partial charge in [-0.15, -0.1) is 0 Å². The fraction of sp³-hybridized carbons (Fsp3) is 0.778. The van der Waals surface area contributed by atoms with Crippen LogP contribution in [-0.2, 0) is 0 Å². The van der Waals surface area contributed by atoms with Gasteiger partial charge in [-0.25, -0.2) is 0 Å². The number of allylic oxidation sites excluding steroid dienone is 2. The van der Waals surface area contributed by atoms with Crippen molar-refractivity contribution >= 4 is 15.9 Å². The molecule has 1 aliphatic rings. The van der Waals surface area contributed by atoms with Crippen LogP contribution < -0.4 is 0 Å². The SMILES string of the molecule is CC1C(C(F)(F)F)C=CCC1(C)Br. The lowest BCUT2D eigenvalue weighted by atomic mass is 9.77. The first-order chi connectivity index (χ1) is 5.75. The Morgan fingerprint density at radius 3 is 2.38 bits per heavy atom. The van der Waals surface area contributed by atoms with Crippen molar-refractivity contribution in [1.29, 1.82) is 0 Å². The molecule has 0 N–H and O–H groups in total. The molecule has 0 bridgehead atoms. The summed E-state index contributed by atoms with van der Waals surface area (Å²) in [4.78, 5) is 0. The Morgan fingerprint density at radius 1 is 1.46 bits per heavy atom. The van der Waals surface area contributed by atoms with Gasteiger partial charge in [-0.1, -0.05) is 35.0 Å². The second-order valence-corrected chi connectivity index (χ2v) is 5.58. The Balaban J connectivity index is 2.90. The molecule has 0 amide bonds. The average molecular weight is 257 g/mol. The summed E-state index contributed by atoms with van der Waals surface area (Å²) >= 11 is 3.34. The minimum Gasteiger partial charge on any atom is -0.170 e. The maximum absolute atomic E-state index is 12.5. The van der Waals surface area contributed by atoms with E-state index in [1.807, 2.05) is 0 Å². The van der Waals surface area contributed by atoms with E-state index in [2.05, 4.69) is 15.9 Å². The average Bonchev–Trinajstić information content (AvgIpc) is 1.92. The monoisotopic (exact) mass is 256 g/mol. The third-order valence-electron chi connectivity index (χ3n) is 2.73. The van der Waals surface area contributed by atoms with Crippen LogP contribution in [0.1, 0.15) is 20.3 Å². The van der Waals surface area contributed by atoms with E-state index in [0.29, 0.717) is 6.42 Å². The molecule has 0 spiro atoms. The van der Waals surface area contributed by atoms with E-state index < -0.39 is 22.3 Å². The van der Waals surface area contributed by atoms with Crippen LogP contribution in [0.15, 0.2) is 12.2 Å². The van der Waals surface area contributed by atoms with Gasteiger partial charge in [0, 0.05) is 4.32 Å². The Labute approximate surface area is 84.3 Å². The number of halogens is 4. The summed E-state index contributed by atoms with van der Waals surface area (Å²) in [6.45, 7) is 3.44. The normalized spacial score (nSPS) is 40.8. The summed E-state index contributed by atoms with van der Waals surface area (Å²) in [5.74, 6) is -1.73. The summed E-state index contributed by atoms with van der Waals surface area (Å²) in [6.07, 6.45) is -0.591. The van der Waals surface area contributed by atoms with Gasteiger partial charge >= 0.3 is 6.18 Å². The third kappa shape index (κ3) is 2.27. The fourth-order valence-electron chi connectivity index (χ4n) is 1.56. The first-order valence-corrected chi connectivity index (χ1v) is 4.97. The molecule has 4 heteroatoms. The summed E-state index contributed by atoms with van der Waals surface area (Å²) < 4.78 is 37.0. The molecular formula is C9H12BrF3. The van der Waals surface area contributed by atoms with E-state index in [1.54, 1.807) is 19.9 Å². The molecule has 3 unspecified atom stereocenters. The summed E-state index contributed by atoms with van der Waals surface area (Å²) in [5.41, 5.74) is 0. The Morgan fingerprint density at radius 2 is 2.00 bits per heavy atom. The highest BCUT2D eigenvalue weighted by molar-refractivity contribution is 9.10. The molecule has 0 nitrogen and oxygen atoms in total. The highest BCUT2D eigenvalue weighted by atomic mass is 79.9. The van der Waals surface area contributed by atoms with Gasteiger partial charge in [0.2, 0.25) is 0 Å². The van der Waals surface area contributed by atoms with Crippen molar-refractivity contribution in [3.05, 3.63) is 12.2 Å². The molecule has 0 aromatic carbocycles. The maximum Gasteiger partial charge on any atom is 0.395 e. The Bertz CT molecular complexity index is 217. The fourth-order valence-corrected chi connectivity index (χ4v) is 2.04. The summed E-state index contributed by atoms with van der Waals surface area (Å²) in [7, 11) is 0.